The number of anilines is 1. The molecule has 3 N–H and O–H groups in total. The highest BCUT2D eigenvalue weighted by atomic mass is 35.5. The highest BCUT2D eigenvalue weighted by Gasteiger charge is 2.28. The smallest absolute Gasteiger partial charge is 0.254 e. The Labute approximate surface area is 170 Å². The van der Waals surface area contributed by atoms with Crippen LogP contribution in [-0.2, 0) is 11.2 Å². The molecule has 1 fully saturated rings. The van der Waals surface area contributed by atoms with Gasteiger partial charge in [0, 0.05) is 41.7 Å². The first-order valence-corrected chi connectivity index (χ1v) is 9.88. The molecule has 2 heterocycles. The maximum absolute atomic E-state index is 12.7. The van der Waals surface area contributed by atoms with Crippen LogP contribution in [0.4, 0.5) is 5.69 Å². The van der Waals surface area contributed by atoms with Gasteiger partial charge in [-0.1, -0.05) is 12.1 Å². The van der Waals surface area contributed by atoms with Gasteiger partial charge < -0.3 is 16.0 Å². The van der Waals surface area contributed by atoms with Gasteiger partial charge in [0.2, 0.25) is 5.91 Å². The molecule has 0 saturated carbocycles. The second-order valence-electron chi connectivity index (χ2n) is 6.76. The summed E-state index contributed by atoms with van der Waals surface area (Å²) in [5.41, 5.74) is 8.00. The van der Waals surface area contributed by atoms with Crippen LogP contribution in [0.1, 0.15) is 33.6 Å². The number of nitrogens with zero attached hydrogens (tertiary/aromatic N) is 1. The number of hydrogen-bond acceptors (Lipinski definition) is 4. The van der Waals surface area contributed by atoms with Gasteiger partial charge in [0.15, 0.2) is 0 Å². The number of carbonyl (C=O) groups is 2. The molecule has 2 amide bonds. The van der Waals surface area contributed by atoms with E-state index in [0.717, 1.165) is 12.0 Å². The van der Waals surface area contributed by atoms with Crippen molar-refractivity contribution >= 4 is 41.2 Å². The zero-order chi connectivity index (χ0) is 18.5. The van der Waals surface area contributed by atoms with E-state index in [9.17, 15) is 9.59 Å². The molecule has 146 valence electrons. The lowest BCUT2D eigenvalue weighted by atomic mass is 9.95. The number of halogens is 1. The number of thiophene rings is 1. The van der Waals surface area contributed by atoms with Crippen LogP contribution < -0.4 is 11.1 Å². The molecule has 5 nitrogen and oxygen atoms in total. The van der Waals surface area contributed by atoms with Gasteiger partial charge in [-0.25, -0.2) is 0 Å². The fourth-order valence-corrected chi connectivity index (χ4v) is 4.00. The molecule has 0 bridgehead atoms. The van der Waals surface area contributed by atoms with Crippen molar-refractivity contribution in [2.24, 2.45) is 5.92 Å². The van der Waals surface area contributed by atoms with Crippen molar-refractivity contribution in [1.82, 2.24) is 10.2 Å². The molecule has 7 heteroatoms. The number of hydrogen-bond donors (Lipinski definition) is 2. The number of amides is 2. The molecule has 0 atom stereocenters. The fourth-order valence-electron chi connectivity index (χ4n) is 3.29. The second-order valence-corrected chi connectivity index (χ2v) is 7.79. The van der Waals surface area contributed by atoms with Crippen LogP contribution in [0, 0.1) is 12.8 Å². The number of aryl methyl sites for hydroxylation is 1. The quantitative estimate of drug-likeness (QED) is 0.747. The van der Waals surface area contributed by atoms with Crippen LogP contribution in [0.2, 0.25) is 0 Å². The van der Waals surface area contributed by atoms with Crippen LogP contribution in [-0.4, -0.2) is 36.3 Å². The Hall–Kier alpha value is -2.05. The number of nitrogens with one attached hydrogen (secondary N) is 1. The Bertz CT molecular complexity index is 772. The van der Waals surface area contributed by atoms with Crippen LogP contribution in [0.3, 0.4) is 0 Å². The van der Waals surface area contributed by atoms with Crippen molar-refractivity contribution in [3.8, 4) is 0 Å². The van der Waals surface area contributed by atoms with Gasteiger partial charge in [-0.3, -0.25) is 9.59 Å². The van der Waals surface area contributed by atoms with Crippen LogP contribution in [0.5, 0.6) is 0 Å². The zero-order valence-electron chi connectivity index (χ0n) is 15.4. The normalized spacial score (nSPS) is 14.5. The summed E-state index contributed by atoms with van der Waals surface area (Å²) in [6.45, 7) is 3.80. The summed E-state index contributed by atoms with van der Waals surface area (Å²) >= 11 is 1.71. The Balaban J connectivity index is 0.00000261. The maximum Gasteiger partial charge on any atom is 0.254 e. The summed E-state index contributed by atoms with van der Waals surface area (Å²) in [7, 11) is 0. The second kappa shape index (κ2) is 9.76. The Morgan fingerprint density at radius 2 is 2.00 bits per heavy atom. The molecule has 1 aliphatic heterocycles. The number of carbonyl (C=O) groups excluding carboxylic acids is 2. The summed E-state index contributed by atoms with van der Waals surface area (Å²) in [6.07, 6.45) is 2.28. The minimum Gasteiger partial charge on any atom is -0.399 e. The number of piperidine rings is 1. The molecule has 1 aromatic heterocycles. The fraction of sp³-hybridized carbons (Fsp3) is 0.400. The molecular formula is C20H26ClN3O2S. The Morgan fingerprint density at radius 3 is 2.67 bits per heavy atom. The first-order valence-electron chi connectivity index (χ1n) is 9.00. The van der Waals surface area contributed by atoms with Crippen molar-refractivity contribution in [1.29, 1.82) is 0 Å². The molecule has 1 aliphatic rings. The van der Waals surface area contributed by atoms with E-state index >= 15 is 0 Å². The molecular weight excluding hydrogens is 382 g/mol. The Kier molecular flexibility index (Phi) is 7.68. The highest BCUT2D eigenvalue weighted by molar-refractivity contribution is 7.09. The lowest BCUT2D eigenvalue weighted by Gasteiger charge is -2.31. The number of nitrogen functional groups attached to an aromatic ring is 1. The van der Waals surface area contributed by atoms with Gasteiger partial charge in [0.1, 0.15) is 0 Å². The summed E-state index contributed by atoms with van der Waals surface area (Å²) in [4.78, 5) is 28.2. The van der Waals surface area contributed by atoms with Gasteiger partial charge in [0.05, 0.1) is 0 Å². The monoisotopic (exact) mass is 407 g/mol. The first kappa shape index (κ1) is 21.3. The van der Waals surface area contributed by atoms with Crippen molar-refractivity contribution in [2.45, 2.75) is 26.2 Å². The van der Waals surface area contributed by atoms with E-state index in [-0.39, 0.29) is 30.1 Å². The minimum atomic E-state index is -0.00988. The van der Waals surface area contributed by atoms with E-state index in [1.807, 2.05) is 29.3 Å². The van der Waals surface area contributed by atoms with E-state index in [1.165, 1.54) is 4.88 Å². The third-order valence-corrected chi connectivity index (χ3v) is 5.83. The number of nitrogens with two attached hydrogens (primary N) is 1. The number of benzene rings is 1. The molecule has 2 aromatic rings. The van der Waals surface area contributed by atoms with Crippen molar-refractivity contribution in [3.05, 3.63) is 51.7 Å². The van der Waals surface area contributed by atoms with Gasteiger partial charge in [-0.05, 0) is 55.3 Å². The van der Waals surface area contributed by atoms with Gasteiger partial charge >= 0.3 is 0 Å². The molecule has 1 aromatic carbocycles. The van der Waals surface area contributed by atoms with Crippen LogP contribution >= 0.6 is 23.7 Å². The largest absolute Gasteiger partial charge is 0.399 e. The van der Waals surface area contributed by atoms with Crippen LogP contribution in [0.25, 0.3) is 0 Å². The topological polar surface area (TPSA) is 75.4 Å². The summed E-state index contributed by atoms with van der Waals surface area (Å²) in [5.74, 6) is 0.101. The van der Waals surface area contributed by atoms with E-state index in [0.29, 0.717) is 43.7 Å². The Morgan fingerprint density at radius 1 is 1.26 bits per heavy atom. The molecule has 3 rings (SSSR count). The van der Waals surface area contributed by atoms with E-state index in [2.05, 4.69) is 11.4 Å². The molecule has 0 aliphatic carbocycles. The summed E-state index contributed by atoms with van der Waals surface area (Å²) < 4.78 is 0. The van der Waals surface area contributed by atoms with E-state index in [4.69, 9.17) is 5.73 Å². The summed E-state index contributed by atoms with van der Waals surface area (Å²) in [5, 5.41) is 5.08. The zero-order valence-corrected chi connectivity index (χ0v) is 17.1. The van der Waals surface area contributed by atoms with Crippen molar-refractivity contribution in [3.63, 3.8) is 0 Å². The summed E-state index contributed by atoms with van der Waals surface area (Å²) in [6, 6.07) is 9.52. The third-order valence-electron chi connectivity index (χ3n) is 4.90. The SMILES string of the molecule is Cc1ccc(N)cc1C(=O)N1CCC(C(=O)NCCc2cccs2)CC1.Cl. The first-order chi connectivity index (χ1) is 12.5. The molecule has 1 saturated heterocycles. The number of rotatable bonds is 5. The molecule has 27 heavy (non-hydrogen) atoms. The predicted molar refractivity (Wildman–Crippen MR) is 112 cm³/mol. The average Bonchev–Trinajstić information content (AvgIpc) is 3.16. The van der Waals surface area contributed by atoms with Crippen LogP contribution in [0.15, 0.2) is 35.7 Å². The lowest BCUT2D eigenvalue weighted by molar-refractivity contribution is -0.126. The molecule has 0 unspecified atom stereocenters. The molecule has 0 radical (unpaired) electrons. The van der Waals surface area contributed by atoms with E-state index in [1.54, 1.807) is 23.5 Å². The van der Waals surface area contributed by atoms with Gasteiger partial charge in [-0.2, -0.15) is 0 Å². The maximum atomic E-state index is 12.7. The molecule has 0 spiro atoms. The third kappa shape index (κ3) is 5.47. The van der Waals surface area contributed by atoms with E-state index < -0.39 is 0 Å². The van der Waals surface area contributed by atoms with Gasteiger partial charge in [-0.15, -0.1) is 23.7 Å². The lowest BCUT2D eigenvalue weighted by Crippen LogP contribution is -2.43. The average molecular weight is 408 g/mol. The van der Waals surface area contributed by atoms with Gasteiger partial charge in [0.25, 0.3) is 5.91 Å². The predicted octanol–water partition coefficient (Wildman–Crippen LogP) is 3.27. The van der Waals surface area contributed by atoms with Crippen molar-refractivity contribution < 1.29 is 9.59 Å². The highest BCUT2D eigenvalue weighted by Crippen LogP contribution is 2.21. The standard InChI is InChI=1S/C20H25N3O2S.ClH/c1-14-4-5-16(21)13-18(14)20(25)23-10-7-15(8-11-23)19(24)22-9-6-17-3-2-12-26-17;/h2-5,12-13,15H,6-11,21H2,1H3,(H,22,24);1H. The number of likely N-dealkylation sites (tertiary alicyclic amines) is 1. The van der Waals surface area contributed by atoms with Crippen molar-refractivity contribution in [2.75, 3.05) is 25.4 Å². The minimum absolute atomic E-state index is 0.